The molecule has 0 saturated carbocycles. The predicted molar refractivity (Wildman–Crippen MR) is 68.9 cm³/mol. The van der Waals surface area contributed by atoms with Gasteiger partial charge >= 0.3 is 0 Å². The number of carbonyl (C=O) groups is 1. The molecule has 2 rings (SSSR count). The molecule has 1 heterocycles. The quantitative estimate of drug-likeness (QED) is 0.872. The number of benzene rings is 1. The van der Waals surface area contributed by atoms with Gasteiger partial charge < -0.3 is 11.1 Å². The van der Waals surface area contributed by atoms with Crippen molar-refractivity contribution in [3.63, 3.8) is 0 Å². The van der Waals surface area contributed by atoms with Crippen LogP contribution in [0.25, 0.3) is 0 Å². The maximum Gasteiger partial charge on any atom is 0.247 e. The molecule has 0 fully saturated rings. The van der Waals surface area contributed by atoms with Crippen molar-refractivity contribution in [1.29, 1.82) is 0 Å². The zero-order chi connectivity index (χ0) is 12.3. The monoisotopic (exact) mass is 247 g/mol. The van der Waals surface area contributed by atoms with Gasteiger partial charge in [0.15, 0.2) is 5.13 Å². The van der Waals surface area contributed by atoms with Crippen molar-refractivity contribution in [3.05, 3.63) is 47.0 Å². The van der Waals surface area contributed by atoms with Crippen LogP contribution in [0.5, 0.6) is 0 Å². The van der Waals surface area contributed by atoms with E-state index in [1.54, 1.807) is 0 Å². The number of hydrogen-bond donors (Lipinski definition) is 2. The summed E-state index contributed by atoms with van der Waals surface area (Å²) in [6.07, 6.45) is 0. The number of nitrogens with one attached hydrogen (secondary N) is 1. The molecule has 0 spiro atoms. The highest BCUT2D eigenvalue weighted by Gasteiger charge is 2.16. The van der Waals surface area contributed by atoms with Gasteiger partial charge in [0.05, 0.1) is 5.69 Å². The van der Waals surface area contributed by atoms with Crippen LogP contribution in [0.3, 0.4) is 0 Å². The fourth-order valence-electron chi connectivity index (χ4n) is 1.41. The molecule has 0 saturated heterocycles. The third-order valence-corrected chi connectivity index (χ3v) is 3.17. The number of aromatic nitrogens is 1. The van der Waals surface area contributed by atoms with Crippen molar-refractivity contribution in [2.75, 3.05) is 5.32 Å². The Bertz CT molecular complexity index is 509. The molecular formula is C12H13N3OS. The van der Waals surface area contributed by atoms with Gasteiger partial charge in [-0.05, 0) is 12.5 Å². The lowest BCUT2D eigenvalue weighted by molar-refractivity contribution is -0.117. The van der Waals surface area contributed by atoms with Crippen LogP contribution in [0.2, 0.25) is 0 Å². The van der Waals surface area contributed by atoms with E-state index in [1.165, 1.54) is 11.3 Å². The van der Waals surface area contributed by atoms with Crippen LogP contribution in [-0.2, 0) is 4.79 Å². The molecule has 17 heavy (non-hydrogen) atoms. The molecule has 5 heteroatoms. The van der Waals surface area contributed by atoms with Crippen molar-refractivity contribution in [2.45, 2.75) is 13.0 Å². The highest BCUT2D eigenvalue weighted by Crippen LogP contribution is 2.17. The number of carbonyl (C=O) groups excluding carboxylic acids is 1. The number of amides is 1. The maximum atomic E-state index is 11.9. The van der Waals surface area contributed by atoms with E-state index in [4.69, 9.17) is 5.73 Å². The van der Waals surface area contributed by atoms with Crippen molar-refractivity contribution in [2.24, 2.45) is 5.73 Å². The minimum absolute atomic E-state index is 0.245. The summed E-state index contributed by atoms with van der Waals surface area (Å²) in [7, 11) is 0. The summed E-state index contributed by atoms with van der Waals surface area (Å²) in [6.45, 7) is 1.88. The molecule has 1 atom stereocenters. The van der Waals surface area contributed by atoms with Gasteiger partial charge in [-0.25, -0.2) is 4.98 Å². The van der Waals surface area contributed by atoms with Gasteiger partial charge in [-0.3, -0.25) is 4.79 Å². The molecule has 0 aliphatic carbocycles. The van der Waals surface area contributed by atoms with E-state index < -0.39 is 6.04 Å². The molecule has 1 aromatic carbocycles. The molecule has 0 bridgehead atoms. The summed E-state index contributed by atoms with van der Waals surface area (Å²) in [5.74, 6) is -0.245. The number of nitrogens with zero attached hydrogens (tertiary/aromatic N) is 1. The summed E-state index contributed by atoms with van der Waals surface area (Å²) >= 11 is 1.39. The number of thiazole rings is 1. The first kappa shape index (κ1) is 11.8. The van der Waals surface area contributed by atoms with Crippen LogP contribution >= 0.6 is 11.3 Å². The number of hydrogen-bond acceptors (Lipinski definition) is 4. The van der Waals surface area contributed by atoms with E-state index in [1.807, 2.05) is 42.6 Å². The van der Waals surface area contributed by atoms with E-state index in [0.29, 0.717) is 5.13 Å². The van der Waals surface area contributed by atoms with E-state index in [2.05, 4.69) is 10.3 Å². The molecule has 0 unspecified atom stereocenters. The fourth-order valence-corrected chi connectivity index (χ4v) is 2.10. The highest BCUT2D eigenvalue weighted by molar-refractivity contribution is 7.13. The van der Waals surface area contributed by atoms with E-state index in [9.17, 15) is 4.79 Å². The largest absolute Gasteiger partial charge is 0.316 e. The van der Waals surface area contributed by atoms with Crippen molar-refractivity contribution < 1.29 is 4.79 Å². The fraction of sp³-hybridized carbons (Fsp3) is 0.167. The number of anilines is 1. The van der Waals surface area contributed by atoms with Crippen LogP contribution in [-0.4, -0.2) is 10.9 Å². The molecule has 2 aromatic rings. The number of aryl methyl sites for hydroxylation is 1. The van der Waals surface area contributed by atoms with Crippen LogP contribution in [0.4, 0.5) is 5.13 Å². The molecule has 88 valence electrons. The Morgan fingerprint density at radius 3 is 2.71 bits per heavy atom. The van der Waals surface area contributed by atoms with E-state index in [0.717, 1.165) is 11.3 Å². The average Bonchev–Trinajstić information content (AvgIpc) is 2.75. The lowest BCUT2D eigenvalue weighted by Gasteiger charge is -2.10. The minimum atomic E-state index is -0.666. The van der Waals surface area contributed by atoms with Gasteiger partial charge in [0.25, 0.3) is 0 Å². The summed E-state index contributed by atoms with van der Waals surface area (Å²) < 4.78 is 0. The molecule has 1 amide bonds. The topological polar surface area (TPSA) is 68.0 Å². The predicted octanol–water partition coefficient (Wildman–Crippen LogP) is 2.09. The first-order valence-electron chi connectivity index (χ1n) is 5.20. The lowest BCUT2D eigenvalue weighted by atomic mass is 10.1. The molecule has 0 radical (unpaired) electrons. The van der Waals surface area contributed by atoms with Crippen LogP contribution < -0.4 is 11.1 Å². The summed E-state index contributed by atoms with van der Waals surface area (Å²) in [6, 6.07) is 8.60. The van der Waals surface area contributed by atoms with Gasteiger partial charge in [-0.2, -0.15) is 0 Å². The van der Waals surface area contributed by atoms with Gasteiger partial charge in [-0.1, -0.05) is 30.3 Å². The van der Waals surface area contributed by atoms with Gasteiger partial charge in [0.2, 0.25) is 5.91 Å². The van der Waals surface area contributed by atoms with Gasteiger partial charge in [-0.15, -0.1) is 11.3 Å². The lowest BCUT2D eigenvalue weighted by Crippen LogP contribution is -2.27. The zero-order valence-corrected chi connectivity index (χ0v) is 10.2. The number of rotatable bonds is 3. The molecule has 3 N–H and O–H groups in total. The average molecular weight is 247 g/mol. The van der Waals surface area contributed by atoms with Crippen molar-refractivity contribution in [1.82, 2.24) is 4.98 Å². The second-order valence-electron chi connectivity index (χ2n) is 3.67. The van der Waals surface area contributed by atoms with Crippen molar-refractivity contribution in [3.8, 4) is 0 Å². The first-order chi connectivity index (χ1) is 8.16. The van der Waals surface area contributed by atoms with Crippen LogP contribution in [0.1, 0.15) is 17.3 Å². The summed E-state index contributed by atoms with van der Waals surface area (Å²) in [5, 5.41) is 5.17. The molecule has 0 aliphatic rings. The Hall–Kier alpha value is -1.72. The maximum absolute atomic E-state index is 11.9. The van der Waals surface area contributed by atoms with Crippen LogP contribution in [0, 0.1) is 6.92 Å². The Kier molecular flexibility index (Phi) is 3.51. The normalized spacial score (nSPS) is 12.1. The standard InChI is InChI=1S/C12H13N3OS/c1-8-7-17-12(14-8)15-11(16)10(13)9-5-3-2-4-6-9/h2-7,10H,13H2,1H3,(H,14,15,16)/t10-/m0/s1. The van der Waals surface area contributed by atoms with Crippen LogP contribution in [0.15, 0.2) is 35.7 Å². The third kappa shape index (κ3) is 2.89. The number of nitrogens with two attached hydrogens (primary N) is 1. The van der Waals surface area contributed by atoms with Gasteiger partial charge in [0, 0.05) is 5.38 Å². The van der Waals surface area contributed by atoms with E-state index >= 15 is 0 Å². The smallest absolute Gasteiger partial charge is 0.247 e. The van der Waals surface area contributed by atoms with Gasteiger partial charge in [0.1, 0.15) is 6.04 Å². The second-order valence-corrected chi connectivity index (χ2v) is 4.53. The first-order valence-corrected chi connectivity index (χ1v) is 6.08. The summed E-state index contributed by atoms with van der Waals surface area (Å²) in [4.78, 5) is 16.0. The molecule has 1 aromatic heterocycles. The molecule has 4 nitrogen and oxygen atoms in total. The van der Waals surface area contributed by atoms with E-state index in [-0.39, 0.29) is 5.91 Å². The Labute approximate surface area is 103 Å². The Balaban J connectivity index is 2.06. The zero-order valence-electron chi connectivity index (χ0n) is 9.38. The molecule has 0 aliphatic heterocycles. The minimum Gasteiger partial charge on any atom is -0.316 e. The summed E-state index contributed by atoms with van der Waals surface area (Å²) in [5.41, 5.74) is 7.54. The third-order valence-electron chi connectivity index (χ3n) is 2.29. The highest BCUT2D eigenvalue weighted by atomic mass is 32.1. The molecular weight excluding hydrogens is 234 g/mol. The SMILES string of the molecule is Cc1csc(NC(=O)[C@@H](N)c2ccccc2)n1. The second kappa shape index (κ2) is 5.07. The Morgan fingerprint density at radius 2 is 2.12 bits per heavy atom. The van der Waals surface area contributed by atoms with Crippen molar-refractivity contribution >= 4 is 22.4 Å². The Morgan fingerprint density at radius 1 is 1.41 bits per heavy atom.